The number of hydrogen-bond acceptors (Lipinski definition) is 4. The largest absolute Gasteiger partial charge is 0.416 e. The molecule has 0 bridgehead atoms. The number of alkyl halides is 3. The smallest absolute Gasteiger partial charge is 0.326 e. The zero-order chi connectivity index (χ0) is 21.7. The van der Waals surface area contributed by atoms with E-state index < -0.39 is 11.7 Å². The maximum atomic E-state index is 12.6. The number of ketones is 1. The van der Waals surface area contributed by atoms with Crippen molar-refractivity contribution in [1.82, 2.24) is 4.90 Å². The summed E-state index contributed by atoms with van der Waals surface area (Å²) in [5.41, 5.74) is 0.784. The van der Waals surface area contributed by atoms with Crippen molar-refractivity contribution in [1.29, 1.82) is 0 Å². The number of hydrogen-bond donors (Lipinski definition) is 1. The number of thiophene rings is 1. The standard InChI is InChI=1S/C22H25F3N2O2S/c1-15(28)20-11-17(14-30-20)13-27-10-2-3-16(12-27)4-9-21(29)26-19-7-5-18(6-8-19)22(23,24)25/h5-8,11,14,16H,2-4,9-10,12-13H2,1H3,(H,26,29)/t16-/m0/s1. The van der Waals surface area contributed by atoms with Gasteiger partial charge in [-0.3, -0.25) is 14.5 Å². The van der Waals surface area contributed by atoms with Gasteiger partial charge in [0.05, 0.1) is 10.4 Å². The summed E-state index contributed by atoms with van der Waals surface area (Å²) in [5.74, 6) is 0.306. The molecule has 1 saturated heterocycles. The lowest BCUT2D eigenvalue weighted by Gasteiger charge is -2.32. The van der Waals surface area contributed by atoms with Crippen molar-refractivity contribution >= 4 is 28.7 Å². The maximum absolute atomic E-state index is 12.6. The molecule has 1 aliphatic rings. The second kappa shape index (κ2) is 9.75. The van der Waals surface area contributed by atoms with E-state index in [-0.39, 0.29) is 11.7 Å². The molecule has 0 unspecified atom stereocenters. The predicted molar refractivity (Wildman–Crippen MR) is 112 cm³/mol. The molecule has 1 N–H and O–H groups in total. The maximum Gasteiger partial charge on any atom is 0.416 e. The Labute approximate surface area is 178 Å². The average Bonchev–Trinajstić information content (AvgIpc) is 3.15. The second-order valence-corrected chi connectivity index (χ2v) is 8.69. The van der Waals surface area contributed by atoms with E-state index in [0.717, 1.165) is 61.5 Å². The summed E-state index contributed by atoms with van der Waals surface area (Å²) in [6.45, 7) is 4.28. The zero-order valence-electron chi connectivity index (χ0n) is 16.8. The number of nitrogens with zero attached hydrogens (tertiary/aromatic N) is 1. The second-order valence-electron chi connectivity index (χ2n) is 7.78. The summed E-state index contributed by atoms with van der Waals surface area (Å²) in [6, 6.07) is 6.44. The Morgan fingerprint density at radius 3 is 2.60 bits per heavy atom. The van der Waals surface area contributed by atoms with E-state index in [1.54, 1.807) is 6.92 Å². The fourth-order valence-corrected chi connectivity index (χ4v) is 4.54. The molecule has 1 aromatic heterocycles. The Balaban J connectivity index is 1.44. The molecular weight excluding hydrogens is 413 g/mol. The minimum atomic E-state index is -4.38. The fraction of sp³-hybridized carbons (Fsp3) is 0.455. The SMILES string of the molecule is CC(=O)c1cc(CN2CCC[C@@H](CCC(=O)Nc3ccc(C(F)(F)F)cc3)C2)cs1. The van der Waals surface area contributed by atoms with E-state index in [0.29, 0.717) is 18.0 Å². The molecule has 1 atom stereocenters. The van der Waals surface area contributed by atoms with Gasteiger partial charge in [-0.1, -0.05) is 0 Å². The molecule has 0 aliphatic carbocycles. The van der Waals surface area contributed by atoms with Crippen LogP contribution in [-0.2, 0) is 17.5 Å². The monoisotopic (exact) mass is 438 g/mol. The van der Waals surface area contributed by atoms with Crippen molar-refractivity contribution in [3.63, 3.8) is 0 Å². The molecule has 3 rings (SSSR count). The molecule has 1 aromatic carbocycles. The predicted octanol–water partition coefficient (Wildman–Crippen LogP) is 5.60. The third kappa shape index (κ3) is 6.40. The summed E-state index contributed by atoms with van der Waals surface area (Å²) < 4.78 is 37.8. The number of nitrogens with one attached hydrogen (secondary N) is 1. The molecule has 2 aromatic rings. The highest BCUT2D eigenvalue weighted by Crippen LogP contribution is 2.30. The van der Waals surface area contributed by atoms with E-state index in [1.165, 1.54) is 23.5 Å². The van der Waals surface area contributed by atoms with Gasteiger partial charge < -0.3 is 5.32 Å². The van der Waals surface area contributed by atoms with E-state index in [1.807, 2.05) is 11.4 Å². The quantitative estimate of drug-likeness (QED) is 0.573. The number of piperidine rings is 1. The van der Waals surface area contributed by atoms with E-state index >= 15 is 0 Å². The number of halogens is 3. The van der Waals surface area contributed by atoms with Gasteiger partial charge in [0.2, 0.25) is 5.91 Å². The number of rotatable bonds is 7. The first-order valence-corrected chi connectivity index (χ1v) is 10.9. The molecular formula is C22H25F3N2O2S. The average molecular weight is 439 g/mol. The van der Waals surface area contributed by atoms with Gasteiger partial charge in [0.15, 0.2) is 5.78 Å². The highest BCUT2D eigenvalue weighted by molar-refractivity contribution is 7.12. The normalized spacial score (nSPS) is 17.7. The molecule has 162 valence electrons. The zero-order valence-corrected chi connectivity index (χ0v) is 17.6. The Morgan fingerprint density at radius 1 is 1.23 bits per heavy atom. The van der Waals surface area contributed by atoms with Gasteiger partial charge in [0.25, 0.3) is 0 Å². The van der Waals surface area contributed by atoms with Crippen molar-refractivity contribution in [2.75, 3.05) is 18.4 Å². The van der Waals surface area contributed by atoms with E-state index in [2.05, 4.69) is 10.2 Å². The topological polar surface area (TPSA) is 49.4 Å². The van der Waals surface area contributed by atoms with Crippen molar-refractivity contribution < 1.29 is 22.8 Å². The molecule has 4 nitrogen and oxygen atoms in total. The summed E-state index contributed by atoms with van der Waals surface area (Å²) in [7, 11) is 0. The van der Waals surface area contributed by atoms with Crippen LogP contribution in [0.3, 0.4) is 0 Å². The lowest BCUT2D eigenvalue weighted by atomic mass is 9.93. The van der Waals surface area contributed by atoms with Crippen LogP contribution in [0.15, 0.2) is 35.7 Å². The molecule has 0 spiro atoms. The van der Waals surface area contributed by atoms with Gasteiger partial charge in [-0.15, -0.1) is 11.3 Å². The molecule has 1 fully saturated rings. The molecule has 2 heterocycles. The third-order valence-corrected chi connectivity index (χ3v) is 6.37. The summed E-state index contributed by atoms with van der Waals surface area (Å²) >= 11 is 1.47. The highest BCUT2D eigenvalue weighted by Gasteiger charge is 2.30. The number of amides is 1. The van der Waals surface area contributed by atoms with Crippen molar-refractivity contribution in [2.45, 2.75) is 45.3 Å². The molecule has 30 heavy (non-hydrogen) atoms. The van der Waals surface area contributed by atoms with Crippen LogP contribution in [0.1, 0.15) is 53.4 Å². The van der Waals surface area contributed by atoms with Crippen LogP contribution in [-0.4, -0.2) is 29.7 Å². The Hall–Kier alpha value is -2.19. The van der Waals surface area contributed by atoms with Gasteiger partial charge in [0.1, 0.15) is 0 Å². The lowest BCUT2D eigenvalue weighted by Crippen LogP contribution is -2.35. The number of benzene rings is 1. The number of likely N-dealkylation sites (tertiary alicyclic amines) is 1. The minimum absolute atomic E-state index is 0.0850. The third-order valence-electron chi connectivity index (χ3n) is 5.29. The first-order valence-electron chi connectivity index (χ1n) is 9.98. The highest BCUT2D eigenvalue weighted by atomic mass is 32.1. The van der Waals surface area contributed by atoms with E-state index in [4.69, 9.17) is 0 Å². The summed E-state index contributed by atoms with van der Waals surface area (Å²) in [5, 5.41) is 4.70. The van der Waals surface area contributed by atoms with Gasteiger partial charge in [-0.25, -0.2) is 0 Å². The number of carbonyl (C=O) groups is 2. The Bertz CT molecular complexity index is 877. The number of Topliss-reactive ketones (excluding diaryl/α,β-unsaturated/α-hetero) is 1. The Kier molecular flexibility index (Phi) is 7.31. The fourth-order valence-electron chi connectivity index (χ4n) is 3.73. The first-order chi connectivity index (χ1) is 14.2. The Morgan fingerprint density at radius 2 is 1.97 bits per heavy atom. The number of carbonyl (C=O) groups excluding carboxylic acids is 2. The first kappa shape index (κ1) is 22.5. The minimum Gasteiger partial charge on any atom is -0.326 e. The van der Waals surface area contributed by atoms with Crippen LogP contribution in [0.2, 0.25) is 0 Å². The molecule has 8 heteroatoms. The van der Waals surface area contributed by atoms with Crippen LogP contribution in [0.4, 0.5) is 18.9 Å². The molecule has 0 saturated carbocycles. The molecule has 1 amide bonds. The van der Waals surface area contributed by atoms with Crippen molar-refractivity contribution in [2.24, 2.45) is 5.92 Å². The molecule has 0 radical (unpaired) electrons. The number of anilines is 1. The van der Waals surface area contributed by atoms with Gasteiger partial charge in [0, 0.05) is 25.2 Å². The van der Waals surface area contributed by atoms with Crippen LogP contribution in [0, 0.1) is 5.92 Å². The lowest BCUT2D eigenvalue weighted by molar-refractivity contribution is -0.137. The summed E-state index contributed by atoms with van der Waals surface area (Å²) in [6.07, 6.45) is -1.18. The van der Waals surface area contributed by atoms with Crippen LogP contribution < -0.4 is 5.32 Å². The van der Waals surface area contributed by atoms with Crippen molar-refractivity contribution in [3.8, 4) is 0 Å². The van der Waals surface area contributed by atoms with Crippen LogP contribution in [0.25, 0.3) is 0 Å². The van der Waals surface area contributed by atoms with Gasteiger partial charge in [-0.05, 0) is 79.9 Å². The van der Waals surface area contributed by atoms with Crippen molar-refractivity contribution in [3.05, 3.63) is 51.7 Å². The summed E-state index contributed by atoms with van der Waals surface area (Å²) in [4.78, 5) is 26.8. The van der Waals surface area contributed by atoms with E-state index in [9.17, 15) is 22.8 Å². The van der Waals surface area contributed by atoms with Gasteiger partial charge >= 0.3 is 6.18 Å². The van der Waals surface area contributed by atoms with Crippen LogP contribution >= 0.6 is 11.3 Å². The van der Waals surface area contributed by atoms with Crippen LogP contribution in [0.5, 0.6) is 0 Å². The van der Waals surface area contributed by atoms with Gasteiger partial charge in [-0.2, -0.15) is 13.2 Å². The molecule has 1 aliphatic heterocycles.